The lowest BCUT2D eigenvalue weighted by molar-refractivity contribution is 0.898. The molecule has 4 heteroatoms. The Morgan fingerprint density at radius 1 is 0.630 bits per heavy atom. The molecular formula is C23H20N4. The first-order valence-electron chi connectivity index (χ1n) is 9.16. The van der Waals surface area contributed by atoms with E-state index in [1.165, 1.54) is 5.56 Å². The average Bonchev–Trinajstić information content (AvgIpc) is 3.22. The molecule has 27 heavy (non-hydrogen) atoms. The number of pyridine rings is 2. The number of benzene rings is 1. The van der Waals surface area contributed by atoms with Crippen molar-refractivity contribution in [2.45, 2.75) is 19.8 Å². The maximum Gasteiger partial charge on any atom is 0.110 e. The van der Waals surface area contributed by atoms with Gasteiger partial charge in [0.1, 0.15) is 11.6 Å². The standard InChI is InChI=1S/C23H20N4/c1-16-24-22(19-12-6-8-14-26(16)19)21(18-10-4-3-5-11-18)23-20-13-7-9-15-27(20)17(2)25-23/h3-15,21H,1-2H3. The number of aromatic nitrogens is 4. The van der Waals surface area contributed by atoms with E-state index in [1.54, 1.807) is 0 Å². The maximum absolute atomic E-state index is 4.97. The molecule has 0 saturated heterocycles. The van der Waals surface area contributed by atoms with E-state index in [2.05, 4.69) is 83.6 Å². The van der Waals surface area contributed by atoms with Crippen molar-refractivity contribution in [3.8, 4) is 0 Å². The molecule has 5 aromatic rings. The van der Waals surface area contributed by atoms with Crippen molar-refractivity contribution in [3.63, 3.8) is 0 Å². The van der Waals surface area contributed by atoms with Gasteiger partial charge in [0.05, 0.1) is 28.3 Å². The summed E-state index contributed by atoms with van der Waals surface area (Å²) < 4.78 is 4.30. The minimum absolute atomic E-state index is 0.0246. The normalized spacial score (nSPS) is 11.7. The summed E-state index contributed by atoms with van der Waals surface area (Å²) in [4.78, 5) is 9.95. The van der Waals surface area contributed by atoms with Crippen LogP contribution in [0.3, 0.4) is 0 Å². The molecule has 5 rings (SSSR count). The molecule has 132 valence electrons. The van der Waals surface area contributed by atoms with Gasteiger partial charge < -0.3 is 8.80 Å². The lowest BCUT2D eigenvalue weighted by Crippen LogP contribution is -2.06. The smallest absolute Gasteiger partial charge is 0.110 e. The van der Waals surface area contributed by atoms with Crippen molar-refractivity contribution < 1.29 is 0 Å². The lowest BCUT2D eigenvalue weighted by Gasteiger charge is -2.15. The zero-order valence-corrected chi connectivity index (χ0v) is 15.4. The van der Waals surface area contributed by atoms with Crippen LogP contribution in [-0.4, -0.2) is 18.8 Å². The summed E-state index contributed by atoms with van der Waals surface area (Å²) in [6.07, 6.45) is 4.14. The zero-order chi connectivity index (χ0) is 18.4. The highest BCUT2D eigenvalue weighted by atomic mass is 15.0. The van der Waals surface area contributed by atoms with Gasteiger partial charge >= 0.3 is 0 Å². The first-order chi connectivity index (χ1) is 13.2. The van der Waals surface area contributed by atoms with E-state index in [1.807, 2.05) is 18.2 Å². The minimum atomic E-state index is -0.0246. The van der Waals surface area contributed by atoms with E-state index in [4.69, 9.17) is 9.97 Å². The van der Waals surface area contributed by atoms with Crippen molar-refractivity contribution in [3.05, 3.63) is 108 Å². The predicted octanol–water partition coefficient (Wildman–Crippen LogP) is 4.78. The molecule has 0 N–H and O–H groups in total. The molecular weight excluding hydrogens is 332 g/mol. The third kappa shape index (κ3) is 2.45. The van der Waals surface area contributed by atoms with E-state index in [0.29, 0.717) is 0 Å². The molecule has 0 aliphatic carbocycles. The Morgan fingerprint density at radius 3 is 1.63 bits per heavy atom. The fourth-order valence-electron chi connectivity index (χ4n) is 3.95. The molecule has 0 saturated carbocycles. The number of rotatable bonds is 3. The van der Waals surface area contributed by atoms with E-state index in [0.717, 1.165) is 34.1 Å². The fraction of sp³-hybridized carbons (Fsp3) is 0.130. The number of hydrogen-bond donors (Lipinski definition) is 0. The van der Waals surface area contributed by atoms with Gasteiger partial charge in [-0.05, 0) is 43.7 Å². The summed E-state index contributed by atoms with van der Waals surface area (Å²) in [6.45, 7) is 4.10. The highest BCUT2D eigenvalue weighted by molar-refractivity contribution is 5.65. The summed E-state index contributed by atoms with van der Waals surface area (Å²) in [5, 5.41) is 0. The number of imidazole rings is 2. The molecule has 0 spiro atoms. The second kappa shape index (κ2) is 6.09. The monoisotopic (exact) mass is 352 g/mol. The molecule has 4 heterocycles. The Hall–Kier alpha value is -3.40. The molecule has 0 aliphatic heterocycles. The highest BCUT2D eigenvalue weighted by Crippen LogP contribution is 2.35. The largest absolute Gasteiger partial charge is 0.304 e. The van der Waals surface area contributed by atoms with Crippen LogP contribution in [0.2, 0.25) is 0 Å². The van der Waals surface area contributed by atoms with E-state index < -0.39 is 0 Å². The maximum atomic E-state index is 4.97. The first kappa shape index (κ1) is 15.8. The second-order valence-electron chi connectivity index (χ2n) is 6.84. The molecule has 0 amide bonds. The van der Waals surface area contributed by atoms with Gasteiger partial charge in [0.15, 0.2) is 0 Å². The van der Waals surface area contributed by atoms with Crippen LogP contribution in [0.5, 0.6) is 0 Å². The second-order valence-corrected chi connectivity index (χ2v) is 6.84. The van der Waals surface area contributed by atoms with Crippen molar-refractivity contribution in [2.24, 2.45) is 0 Å². The van der Waals surface area contributed by atoms with Gasteiger partial charge in [-0.25, -0.2) is 9.97 Å². The van der Waals surface area contributed by atoms with Crippen LogP contribution < -0.4 is 0 Å². The summed E-state index contributed by atoms with van der Waals surface area (Å²) in [5.41, 5.74) is 5.54. The lowest BCUT2D eigenvalue weighted by atomic mass is 9.91. The topological polar surface area (TPSA) is 34.6 Å². The van der Waals surface area contributed by atoms with Gasteiger partial charge in [0.25, 0.3) is 0 Å². The molecule has 0 unspecified atom stereocenters. The van der Waals surface area contributed by atoms with Gasteiger partial charge in [-0.2, -0.15) is 0 Å². The summed E-state index contributed by atoms with van der Waals surface area (Å²) in [6, 6.07) is 23.0. The van der Waals surface area contributed by atoms with Crippen molar-refractivity contribution >= 4 is 11.0 Å². The molecule has 4 nitrogen and oxygen atoms in total. The predicted molar refractivity (Wildman–Crippen MR) is 107 cm³/mol. The molecule has 0 atom stereocenters. The van der Waals surface area contributed by atoms with Gasteiger partial charge in [-0.1, -0.05) is 42.5 Å². The summed E-state index contributed by atoms with van der Waals surface area (Å²) in [7, 11) is 0. The van der Waals surface area contributed by atoms with Crippen LogP contribution in [0, 0.1) is 13.8 Å². The van der Waals surface area contributed by atoms with Crippen molar-refractivity contribution in [2.75, 3.05) is 0 Å². The van der Waals surface area contributed by atoms with Crippen molar-refractivity contribution in [1.29, 1.82) is 0 Å². The Balaban J connectivity index is 1.85. The number of nitrogens with zero attached hydrogens (tertiary/aromatic N) is 4. The van der Waals surface area contributed by atoms with Crippen LogP contribution in [0.1, 0.15) is 34.5 Å². The minimum Gasteiger partial charge on any atom is -0.304 e. The number of aryl methyl sites for hydroxylation is 2. The van der Waals surface area contributed by atoms with Crippen LogP contribution in [0.15, 0.2) is 79.1 Å². The van der Waals surface area contributed by atoms with Gasteiger partial charge in [0, 0.05) is 12.4 Å². The highest BCUT2D eigenvalue weighted by Gasteiger charge is 2.27. The SMILES string of the molecule is Cc1nc(C(c2ccccc2)c2nc(C)n3ccccc23)c2ccccn12. The molecule has 0 aliphatic rings. The van der Waals surface area contributed by atoms with Crippen LogP contribution in [0.25, 0.3) is 11.0 Å². The quantitative estimate of drug-likeness (QED) is 0.468. The third-order valence-corrected chi connectivity index (χ3v) is 5.19. The molecule has 4 aromatic heterocycles. The number of fused-ring (bicyclic) bond motifs is 2. The Labute approximate surface area is 157 Å². The van der Waals surface area contributed by atoms with Gasteiger partial charge in [-0.15, -0.1) is 0 Å². The summed E-state index contributed by atoms with van der Waals surface area (Å²) in [5.74, 6) is 1.95. The van der Waals surface area contributed by atoms with E-state index >= 15 is 0 Å². The van der Waals surface area contributed by atoms with Gasteiger partial charge in [-0.3, -0.25) is 0 Å². The van der Waals surface area contributed by atoms with Crippen LogP contribution in [0.4, 0.5) is 0 Å². The first-order valence-corrected chi connectivity index (χ1v) is 9.16. The Morgan fingerprint density at radius 2 is 1.11 bits per heavy atom. The fourth-order valence-corrected chi connectivity index (χ4v) is 3.95. The van der Waals surface area contributed by atoms with Gasteiger partial charge in [0.2, 0.25) is 0 Å². The van der Waals surface area contributed by atoms with E-state index in [-0.39, 0.29) is 5.92 Å². The summed E-state index contributed by atoms with van der Waals surface area (Å²) >= 11 is 0. The zero-order valence-electron chi connectivity index (χ0n) is 15.4. The molecule has 0 bridgehead atoms. The molecule has 0 fully saturated rings. The number of hydrogen-bond acceptors (Lipinski definition) is 2. The Bertz CT molecular complexity index is 1170. The Kier molecular flexibility index (Phi) is 3.57. The van der Waals surface area contributed by atoms with Crippen LogP contribution >= 0.6 is 0 Å². The third-order valence-electron chi connectivity index (χ3n) is 5.19. The van der Waals surface area contributed by atoms with E-state index in [9.17, 15) is 0 Å². The average molecular weight is 352 g/mol. The molecule has 0 radical (unpaired) electrons. The van der Waals surface area contributed by atoms with Crippen molar-refractivity contribution in [1.82, 2.24) is 18.8 Å². The van der Waals surface area contributed by atoms with Crippen LogP contribution in [-0.2, 0) is 0 Å². The molecule has 1 aromatic carbocycles.